The van der Waals surface area contributed by atoms with Crippen LogP contribution in [0.4, 0.5) is 5.95 Å². The lowest BCUT2D eigenvalue weighted by molar-refractivity contribution is 0.0950. The van der Waals surface area contributed by atoms with Crippen LogP contribution in [0.2, 0.25) is 0 Å². The first-order valence-electron chi connectivity index (χ1n) is 10.3. The second-order valence-electron chi connectivity index (χ2n) is 7.41. The number of benzene rings is 2. The van der Waals surface area contributed by atoms with Gasteiger partial charge >= 0.3 is 0 Å². The molecular weight excluding hydrogens is 374 g/mol. The Hall–Kier alpha value is -3.54. The summed E-state index contributed by atoms with van der Waals surface area (Å²) in [5, 5.41) is 4.12. The molecule has 3 aromatic rings. The average molecular weight is 399 g/mol. The molecule has 1 fully saturated rings. The van der Waals surface area contributed by atoms with E-state index in [0.717, 1.165) is 48.3 Å². The van der Waals surface area contributed by atoms with E-state index in [1.54, 1.807) is 12.3 Å². The Morgan fingerprint density at radius 3 is 2.50 bits per heavy atom. The molecule has 1 aliphatic heterocycles. The molecule has 1 aromatic heterocycles. The number of piperidine rings is 1. The third-order valence-corrected chi connectivity index (χ3v) is 5.21. The lowest BCUT2D eigenvalue weighted by Gasteiger charge is -2.27. The van der Waals surface area contributed by atoms with E-state index in [0.29, 0.717) is 11.6 Å². The van der Waals surface area contributed by atoms with Crippen molar-refractivity contribution >= 4 is 18.1 Å². The molecule has 0 saturated carbocycles. The van der Waals surface area contributed by atoms with Gasteiger partial charge in [-0.25, -0.2) is 15.4 Å². The van der Waals surface area contributed by atoms with Crippen molar-refractivity contribution in [1.29, 1.82) is 0 Å². The number of hydrazone groups is 1. The number of hydrogen-bond acceptors (Lipinski definition) is 5. The summed E-state index contributed by atoms with van der Waals surface area (Å²) in [5.41, 5.74) is 6.66. The Kier molecular flexibility index (Phi) is 6.13. The molecule has 0 spiro atoms. The number of carbonyl (C=O) groups is 1. The van der Waals surface area contributed by atoms with Gasteiger partial charge < -0.3 is 4.90 Å². The highest BCUT2D eigenvalue weighted by Crippen LogP contribution is 2.22. The van der Waals surface area contributed by atoms with E-state index in [-0.39, 0.29) is 5.91 Å². The van der Waals surface area contributed by atoms with Crippen LogP contribution in [-0.4, -0.2) is 35.2 Å². The largest absolute Gasteiger partial charge is 0.341 e. The highest BCUT2D eigenvalue weighted by molar-refractivity contribution is 5.94. The van der Waals surface area contributed by atoms with Gasteiger partial charge in [0.2, 0.25) is 5.95 Å². The monoisotopic (exact) mass is 399 g/mol. The van der Waals surface area contributed by atoms with Crippen molar-refractivity contribution in [2.45, 2.75) is 26.2 Å². The summed E-state index contributed by atoms with van der Waals surface area (Å²) in [5.74, 6) is 0.252. The van der Waals surface area contributed by atoms with Gasteiger partial charge in [0.25, 0.3) is 5.91 Å². The van der Waals surface area contributed by atoms with E-state index >= 15 is 0 Å². The minimum Gasteiger partial charge on any atom is -0.341 e. The second kappa shape index (κ2) is 9.31. The zero-order chi connectivity index (χ0) is 20.8. The fraction of sp³-hybridized carbons (Fsp3) is 0.250. The summed E-state index contributed by atoms with van der Waals surface area (Å²) in [6, 6.07) is 19.5. The van der Waals surface area contributed by atoms with Crippen LogP contribution in [0.1, 0.15) is 40.9 Å². The summed E-state index contributed by atoms with van der Waals surface area (Å²) in [4.78, 5) is 24.3. The number of nitrogens with zero attached hydrogens (tertiary/aromatic N) is 4. The molecule has 2 heterocycles. The molecule has 0 bridgehead atoms. The quantitative estimate of drug-likeness (QED) is 0.515. The van der Waals surface area contributed by atoms with E-state index in [2.05, 4.69) is 20.4 Å². The van der Waals surface area contributed by atoms with E-state index in [1.807, 2.05) is 61.5 Å². The third-order valence-electron chi connectivity index (χ3n) is 5.21. The van der Waals surface area contributed by atoms with Crippen molar-refractivity contribution in [2.75, 3.05) is 18.0 Å². The van der Waals surface area contributed by atoms with Crippen molar-refractivity contribution in [1.82, 2.24) is 15.4 Å². The molecule has 152 valence electrons. The van der Waals surface area contributed by atoms with Gasteiger partial charge in [-0.3, -0.25) is 4.79 Å². The predicted molar refractivity (Wildman–Crippen MR) is 120 cm³/mol. The van der Waals surface area contributed by atoms with E-state index < -0.39 is 0 Å². The number of anilines is 1. The summed E-state index contributed by atoms with van der Waals surface area (Å²) >= 11 is 0. The number of hydrogen-bond donors (Lipinski definition) is 1. The van der Waals surface area contributed by atoms with E-state index in [4.69, 9.17) is 4.98 Å². The molecule has 6 nitrogen and oxygen atoms in total. The zero-order valence-electron chi connectivity index (χ0n) is 17.1. The first-order chi connectivity index (χ1) is 14.7. The molecule has 0 atom stereocenters. The van der Waals surface area contributed by atoms with Crippen molar-refractivity contribution < 1.29 is 4.79 Å². The van der Waals surface area contributed by atoms with Crippen LogP contribution in [-0.2, 0) is 0 Å². The lowest BCUT2D eigenvalue weighted by atomic mass is 10.1. The maximum atomic E-state index is 12.8. The fourth-order valence-electron chi connectivity index (χ4n) is 3.49. The first-order valence-corrected chi connectivity index (χ1v) is 10.3. The molecule has 0 aliphatic carbocycles. The maximum absolute atomic E-state index is 12.8. The van der Waals surface area contributed by atoms with Gasteiger partial charge in [0.15, 0.2) is 0 Å². The summed E-state index contributed by atoms with van der Waals surface area (Å²) in [7, 11) is 0. The molecule has 30 heavy (non-hydrogen) atoms. The smallest absolute Gasteiger partial charge is 0.290 e. The van der Waals surface area contributed by atoms with Gasteiger partial charge in [-0.05, 0) is 43.4 Å². The average Bonchev–Trinajstić information content (AvgIpc) is 2.81. The molecule has 0 unspecified atom stereocenters. The van der Waals surface area contributed by atoms with Crippen LogP contribution in [0.25, 0.3) is 11.3 Å². The molecule has 1 saturated heterocycles. The van der Waals surface area contributed by atoms with Crippen LogP contribution in [0.15, 0.2) is 65.8 Å². The molecule has 1 amide bonds. The standard InChI is InChI=1S/C24H25N5O/c1-18-10-6-7-13-20(18)17-25-28-23(30)22-16-21(19-11-4-2-5-12-19)26-24(27-22)29-14-8-3-9-15-29/h2,4-7,10-13,16-17H,3,8-9,14-15H2,1H3,(H,28,30)/b25-17+. The van der Waals surface area contributed by atoms with Crippen LogP contribution < -0.4 is 10.3 Å². The minimum atomic E-state index is -0.349. The Morgan fingerprint density at radius 1 is 1.00 bits per heavy atom. The maximum Gasteiger partial charge on any atom is 0.290 e. The third kappa shape index (κ3) is 4.71. The number of amides is 1. The van der Waals surface area contributed by atoms with Crippen LogP contribution in [0, 0.1) is 6.92 Å². The van der Waals surface area contributed by atoms with Gasteiger partial charge in [-0.2, -0.15) is 5.10 Å². The second-order valence-corrected chi connectivity index (χ2v) is 7.41. The lowest BCUT2D eigenvalue weighted by Crippen LogP contribution is -2.32. The molecule has 1 aliphatic rings. The first kappa shape index (κ1) is 19.8. The van der Waals surface area contributed by atoms with Crippen molar-refractivity contribution in [2.24, 2.45) is 5.10 Å². The van der Waals surface area contributed by atoms with Crippen LogP contribution in [0.5, 0.6) is 0 Å². The molecule has 0 radical (unpaired) electrons. The molecule has 4 rings (SSSR count). The zero-order valence-corrected chi connectivity index (χ0v) is 17.1. The van der Waals surface area contributed by atoms with Gasteiger partial charge in [-0.1, -0.05) is 54.6 Å². The van der Waals surface area contributed by atoms with E-state index in [9.17, 15) is 4.79 Å². The molecular formula is C24H25N5O. The van der Waals surface area contributed by atoms with Gasteiger partial charge in [0.05, 0.1) is 11.9 Å². The predicted octanol–water partition coefficient (Wildman–Crippen LogP) is 4.21. The summed E-state index contributed by atoms with van der Waals surface area (Å²) in [6.45, 7) is 3.82. The summed E-state index contributed by atoms with van der Waals surface area (Å²) < 4.78 is 0. The number of nitrogens with one attached hydrogen (secondary N) is 1. The van der Waals surface area contributed by atoms with Crippen molar-refractivity contribution in [3.05, 3.63) is 77.5 Å². The van der Waals surface area contributed by atoms with Crippen LogP contribution in [0.3, 0.4) is 0 Å². The Morgan fingerprint density at radius 2 is 1.73 bits per heavy atom. The number of aromatic nitrogens is 2. The van der Waals surface area contributed by atoms with Gasteiger partial charge in [-0.15, -0.1) is 0 Å². The number of aryl methyl sites for hydroxylation is 1. The normalized spacial score (nSPS) is 14.1. The van der Waals surface area contributed by atoms with Crippen molar-refractivity contribution in [3.8, 4) is 11.3 Å². The highest BCUT2D eigenvalue weighted by atomic mass is 16.2. The number of carbonyl (C=O) groups excluding carboxylic acids is 1. The van der Waals surface area contributed by atoms with Crippen molar-refractivity contribution in [3.63, 3.8) is 0 Å². The summed E-state index contributed by atoms with van der Waals surface area (Å²) in [6.07, 6.45) is 5.09. The highest BCUT2D eigenvalue weighted by Gasteiger charge is 2.18. The Balaban J connectivity index is 1.60. The molecule has 1 N–H and O–H groups in total. The fourth-order valence-corrected chi connectivity index (χ4v) is 3.49. The molecule has 2 aromatic carbocycles. The Labute approximate surface area is 176 Å². The van der Waals surface area contributed by atoms with Gasteiger partial charge in [0, 0.05) is 18.7 Å². The number of rotatable bonds is 5. The SMILES string of the molecule is Cc1ccccc1/C=N/NC(=O)c1cc(-c2ccccc2)nc(N2CCCCC2)n1. The van der Waals surface area contributed by atoms with E-state index in [1.165, 1.54) is 6.42 Å². The topological polar surface area (TPSA) is 70.5 Å². The molecule has 6 heteroatoms. The Bertz CT molecular complexity index is 1040. The minimum absolute atomic E-state index is 0.311. The van der Waals surface area contributed by atoms with Crippen LogP contribution >= 0.6 is 0 Å². The van der Waals surface area contributed by atoms with Gasteiger partial charge in [0.1, 0.15) is 5.69 Å².